The fourth-order valence-electron chi connectivity index (χ4n) is 2.20. The molecule has 0 aromatic carbocycles. The molecule has 0 aromatic rings. The third-order valence-corrected chi connectivity index (χ3v) is 3.34. The maximum Gasteiger partial charge on any atom is 0.00671 e. The van der Waals surface area contributed by atoms with Crippen molar-refractivity contribution >= 4 is 0 Å². The van der Waals surface area contributed by atoms with Crippen LogP contribution >= 0.6 is 0 Å². The van der Waals surface area contributed by atoms with Gasteiger partial charge in [-0.3, -0.25) is 0 Å². The van der Waals surface area contributed by atoms with Crippen LogP contribution in [0.1, 0.15) is 39.5 Å². The predicted molar refractivity (Wildman–Crippen MR) is 57.7 cm³/mol. The Labute approximate surface area is 82.5 Å². The largest absolute Gasteiger partial charge is 0.330 e. The molecule has 2 nitrogen and oxygen atoms in total. The lowest BCUT2D eigenvalue weighted by Gasteiger charge is -2.37. The maximum atomic E-state index is 5.53. The third kappa shape index (κ3) is 3.28. The summed E-state index contributed by atoms with van der Waals surface area (Å²) >= 11 is 0. The molecule has 2 N–H and O–H groups in total. The first-order valence-corrected chi connectivity index (χ1v) is 5.72. The van der Waals surface area contributed by atoms with Gasteiger partial charge in [0, 0.05) is 12.6 Å². The molecule has 0 saturated carbocycles. The van der Waals surface area contributed by atoms with Crippen LogP contribution in [0.25, 0.3) is 0 Å². The lowest BCUT2D eigenvalue weighted by molar-refractivity contribution is 0.115. The van der Waals surface area contributed by atoms with E-state index in [0.29, 0.717) is 0 Å². The first-order chi connectivity index (χ1) is 6.27. The fourth-order valence-corrected chi connectivity index (χ4v) is 2.20. The molecule has 0 aromatic heterocycles. The number of piperidine rings is 1. The Bertz CT molecular complexity index is 136. The molecular weight excluding hydrogens is 160 g/mol. The van der Waals surface area contributed by atoms with Crippen molar-refractivity contribution < 1.29 is 0 Å². The van der Waals surface area contributed by atoms with E-state index in [1.807, 2.05) is 0 Å². The highest BCUT2D eigenvalue weighted by Gasteiger charge is 2.23. The molecule has 2 unspecified atom stereocenters. The summed E-state index contributed by atoms with van der Waals surface area (Å²) in [5.41, 5.74) is 5.53. The van der Waals surface area contributed by atoms with Crippen molar-refractivity contribution in [1.29, 1.82) is 0 Å². The van der Waals surface area contributed by atoms with Crippen LogP contribution < -0.4 is 5.73 Å². The highest BCUT2D eigenvalue weighted by Crippen LogP contribution is 2.23. The van der Waals surface area contributed by atoms with Crippen LogP contribution in [-0.4, -0.2) is 30.6 Å². The molecule has 1 saturated heterocycles. The molecule has 0 radical (unpaired) electrons. The van der Waals surface area contributed by atoms with Gasteiger partial charge in [-0.05, 0) is 45.2 Å². The zero-order chi connectivity index (χ0) is 9.68. The molecular formula is C11H24N2. The van der Waals surface area contributed by atoms with Crippen LogP contribution in [-0.2, 0) is 0 Å². The molecule has 1 rings (SSSR count). The molecule has 1 aliphatic heterocycles. The zero-order valence-electron chi connectivity index (χ0n) is 9.13. The Morgan fingerprint density at radius 3 is 2.77 bits per heavy atom. The Morgan fingerprint density at radius 1 is 1.38 bits per heavy atom. The van der Waals surface area contributed by atoms with Crippen LogP contribution in [0.5, 0.6) is 0 Å². The fraction of sp³-hybridized carbons (Fsp3) is 1.00. The monoisotopic (exact) mass is 184 g/mol. The highest BCUT2D eigenvalue weighted by molar-refractivity contribution is 4.78. The van der Waals surface area contributed by atoms with E-state index in [0.717, 1.165) is 24.9 Å². The van der Waals surface area contributed by atoms with E-state index in [1.54, 1.807) is 0 Å². The van der Waals surface area contributed by atoms with Gasteiger partial charge in [-0.15, -0.1) is 0 Å². The van der Waals surface area contributed by atoms with Gasteiger partial charge in [0.1, 0.15) is 0 Å². The molecule has 2 heteroatoms. The summed E-state index contributed by atoms with van der Waals surface area (Å²) in [6.45, 7) is 8.00. The molecule has 13 heavy (non-hydrogen) atoms. The number of likely N-dealkylation sites (tertiary alicyclic amines) is 1. The average molecular weight is 184 g/mol. The molecule has 2 atom stereocenters. The van der Waals surface area contributed by atoms with Gasteiger partial charge in [0.25, 0.3) is 0 Å². The molecule has 0 aliphatic carbocycles. The number of nitrogens with zero attached hydrogens (tertiary/aromatic N) is 1. The van der Waals surface area contributed by atoms with E-state index in [2.05, 4.69) is 18.7 Å². The Balaban J connectivity index is 2.31. The van der Waals surface area contributed by atoms with E-state index in [4.69, 9.17) is 5.73 Å². The van der Waals surface area contributed by atoms with Gasteiger partial charge in [0.05, 0.1) is 0 Å². The summed E-state index contributed by atoms with van der Waals surface area (Å²) in [6.07, 6.45) is 5.30. The second kappa shape index (κ2) is 5.61. The van der Waals surface area contributed by atoms with Gasteiger partial charge in [-0.2, -0.15) is 0 Å². The smallest absolute Gasteiger partial charge is 0.00671 e. The third-order valence-electron chi connectivity index (χ3n) is 3.34. The first-order valence-electron chi connectivity index (χ1n) is 5.72. The van der Waals surface area contributed by atoms with E-state index in [1.165, 1.54) is 32.4 Å². The predicted octanol–water partition coefficient (Wildman–Crippen LogP) is 1.85. The highest BCUT2D eigenvalue weighted by atomic mass is 15.2. The van der Waals surface area contributed by atoms with Crippen molar-refractivity contribution in [3.63, 3.8) is 0 Å². The lowest BCUT2D eigenvalue weighted by atomic mass is 9.91. The van der Waals surface area contributed by atoms with Crippen LogP contribution in [0, 0.1) is 5.92 Å². The summed E-state index contributed by atoms with van der Waals surface area (Å²) in [7, 11) is 0. The summed E-state index contributed by atoms with van der Waals surface area (Å²) in [4.78, 5) is 2.62. The molecule has 1 heterocycles. The zero-order valence-corrected chi connectivity index (χ0v) is 9.13. The number of hydrogen-bond acceptors (Lipinski definition) is 2. The van der Waals surface area contributed by atoms with E-state index < -0.39 is 0 Å². The Kier molecular flexibility index (Phi) is 4.74. The van der Waals surface area contributed by atoms with Gasteiger partial charge in [-0.25, -0.2) is 0 Å². The van der Waals surface area contributed by atoms with Crippen molar-refractivity contribution in [3.05, 3.63) is 0 Å². The van der Waals surface area contributed by atoms with E-state index in [-0.39, 0.29) is 0 Å². The van der Waals surface area contributed by atoms with Gasteiger partial charge in [0.2, 0.25) is 0 Å². The summed E-state index contributed by atoms with van der Waals surface area (Å²) in [5, 5.41) is 0. The second-order valence-corrected chi connectivity index (χ2v) is 4.34. The van der Waals surface area contributed by atoms with Gasteiger partial charge in [0.15, 0.2) is 0 Å². The average Bonchev–Trinajstić information content (AvgIpc) is 2.17. The van der Waals surface area contributed by atoms with Gasteiger partial charge < -0.3 is 10.6 Å². The number of nitrogens with two attached hydrogens (primary N) is 1. The SMILES string of the molecule is CCC1CCC(C)N(CCCN)C1. The molecule has 0 bridgehead atoms. The van der Waals surface area contributed by atoms with Gasteiger partial charge >= 0.3 is 0 Å². The van der Waals surface area contributed by atoms with E-state index in [9.17, 15) is 0 Å². The topological polar surface area (TPSA) is 29.3 Å². The van der Waals surface area contributed by atoms with Gasteiger partial charge in [-0.1, -0.05) is 13.3 Å². The summed E-state index contributed by atoms with van der Waals surface area (Å²) in [6, 6.07) is 0.786. The Hall–Kier alpha value is -0.0800. The first kappa shape index (κ1) is 11.0. The van der Waals surface area contributed by atoms with Crippen molar-refractivity contribution in [1.82, 2.24) is 4.90 Å². The van der Waals surface area contributed by atoms with Crippen molar-refractivity contribution in [2.24, 2.45) is 11.7 Å². The molecule has 0 amide bonds. The summed E-state index contributed by atoms with van der Waals surface area (Å²) in [5.74, 6) is 0.939. The number of hydrogen-bond donors (Lipinski definition) is 1. The molecule has 1 aliphatic rings. The van der Waals surface area contributed by atoms with Crippen molar-refractivity contribution in [3.8, 4) is 0 Å². The van der Waals surface area contributed by atoms with Crippen LogP contribution in [0.15, 0.2) is 0 Å². The Morgan fingerprint density at radius 2 is 2.15 bits per heavy atom. The van der Waals surface area contributed by atoms with Crippen LogP contribution in [0.3, 0.4) is 0 Å². The molecule has 78 valence electrons. The van der Waals surface area contributed by atoms with Crippen LogP contribution in [0.2, 0.25) is 0 Å². The lowest BCUT2D eigenvalue weighted by Crippen LogP contribution is -2.42. The minimum absolute atomic E-state index is 0.786. The summed E-state index contributed by atoms with van der Waals surface area (Å²) < 4.78 is 0. The van der Waals surface area contributed by atoms with E-state index >= 15 is 0 Å². The van der Waals surface area contributed by atoms with Crippen molar-refractivity contribution in [2.45, 2.75) is 45.6 Å². The maximum absolute atomic E-state index is 5.53. The van der Waals surface area contributed by atoms with Crippen LogP contribution in [0.4, 0.5) is 0 Å². The molecule has 1 fully saturated rings. The second-order valence-electron chi connectivity index (χ2n) is 4.34. The molecule has 0 spiro atoms. The minimum atomic E-state index is 0.786. The minimum Gasteiger partial charge on any atom is -0.330 e. The van der Waals surface area contributed by atoms with Crippen molar-refractivity contribution in [2.75, 3.05) is 19.6 Å². The quantitative estimate of drug-likeness (QED) is 0.722. The number of rotatable bonds is 4. The standard InChI is InChI=1S/C11H24N2/c1-3-11-6-5-10(2)13(9-11)8-4-7-12/h10-11H,3-9,12H2,1-2H3. The normalized spacial score (nSPS) is 30.7.